The first kappa shape index (κ1) is 13.5. The molecule has 19 heavy (non-hydrogen) atoms. The molecule has 2 rings (SSSR count). The molecular formula is C14H19N3O2. The van der Waals surface area contributed by atoms with Gasteiger partial charge < -0.3 is 26.2 Å². The maximum absolute atomic E-state index is 9.32. The van der Waals surface area contributed by atoms with Gasteiger partial charge in [0.05, 0.1) is 12.7 Å². The molecule has 0 amide bonds. The van der Waals surface area contributed by atoms with E-state index in [0.717, 1.165) is 16.9 Å². The lowest BCUT2D eigenvalue weighted by molar-refractivity contribution is 0.0911. The molecular weight excluding hydrogens is 242 g/mol. The van der Waals surface area contributed by atoms with Crippen LogP contribution in [-0.4, -0.2) is 34.5 Å². The number of hydrogen-bond donors (Lipinski definition) is 5. The Morgan fingerprint density at radius 2 is 2.16 bits per heavy atom. The van der Waals surface area contributed by atoms with Gasteiger partial charge in [-0.15, -0.1) is 0 Å². The summed E-state index contributed by atoms with van der Waals surface area (Å²) in [7, 11) is 0. The minimum atomic E-state index is -0.685. The molecule has 1 heterocycles. The molecule has 0 saturated carbocycles. The van der Waals surface area contributed by atoms with E-state index in [0.29, 0.717) is 18.7 Å². The van der Waals surface area contributed by atoms with E-state index in [2.05, 4.69) is 10.3 Å². The molecule has 0 aliphatic heterocycles. The van der Waals surface area contributed by atoms with Gasteiger partial charge in [-0.1, -0.05) is 0 Å². The first-order valence-electron chi connectivity index (χ1n) is 6.27. The molecule has 0 aliphatic rings. The predicted octanol–water partition coefficient (Wildman–Crippen LogP) is 1.42. The smallest absolute Gasteiger partial charge is 0.0787 e. The Kier molecular flexibility index (Phi) is 4.43. The molecule has 5 heteroatoms. The van der Waals surface area contributed by atoms with Crippen molar-refractivity contribution in [2.45, 2.75) is 12.5 Å². The summed E-state index contributed by atoms with van der Waals surface area (Å²) in [5.74, 6) is 0. The lowest BCUT2D eigenvalue weighted by Crippen LogP contribution is -2.17. The Balaban J connectivity index is 2.12. The number of aliphatic hydroxyl groups is 2. The molecule has 0 saturated heterocycles. The first-order chi connectivity index (χ1) is 9.20. The molecule has 0 bridgehead atoms. The van der Waals surface area contributed by atoms with E-state index in [4.69, 9.17) is 10.8 Å². The number of benzene rings is 1. The highest BCUT2D eigenvalue weighted by molar-refractivity contribution is 5.78. The average Bonchev–Trinajstić information content (AvgIpc) is 2.94. The first-order valence-corrected chi connectivity index (χ1v) is 6.27. The molecule has 1 aromatic heterocycles. The molecule has 1 atom stereocenters. The van der Waals surface area contributed by atoms with Crippen LogP contribution in [0.5, 0.6) is 0 Å². The number of rotatable bonds is 6. The summed E-state index contributed by atoms with van der Waals surface area (Å²) in [6.45, 7) is 0.367. The number of aromatic amines is 1. The lowest BCUT2D eigenvalue weighted by atomic mass is 10.1. The molecule has 1 unspecified atom stereocenters. The van der Waals surface area contributed by atoms with Crippen molar-refractivity contribution >= 4 is 11.4 Å². The third-order valence-electron chi connectivity index (χ3n) is 2.94. The van der Waals surface area contributed by atoms with Crippen LogP contribution in [0.3, 0.4) is 0 Å². The van der Waals surface area contributed by atoms with Crippen LogP contribution in [-0.2, 0) is 0 Å². The number of anilines is 2. The molecule has 5 nitrogen and oxygen atoms in total. The van der Waals surface area contributed by atoms with Crippen molar-refractivity contribution in [1.82, 2.24) is 4.98 Å². The Morgan fingerprint density at radius 1 is 1.32 bits per heavy atom. The van der Waals surface area contributed by atoms with Crippen LogP contribution in [0, 0.1) is 0 Å². The van der Waals surface area contributed by atoms with Gasteiger partial charge >= 0.3 is 0 Å². The SMILES string of the molecule is Nc1ccc(NCCC(O)CO)c(-c2ccc[nH]2)c1. The number of aliphatic hydroxyl groups excluding tert-OH is 2. The summed E-state index contributed by atoms with van der Waals surface area (Å²) >= 11 is 0. The zero-order valence-electron chi connectivity index (χ0n) is 10.6. The minimum Gasteiger partial charge on any atom is -0.399 e. The van der Waals surface area contributed by atoms with Crippen LogP contribution >= 0.6 is 0 Å². The van der Waals surface area contributed by atoms with Gasteiger partial charge in [0.1, 0.15) is 0 Å². The number of nitrogens with one attached hydrogen (secondary N) is 2. The largest absolute Gasteiger partial charge is 0.399 e. The van der Waals surface area contributed by atoms with Crippen LogP contribution in [0.1, 0.15) is 6.42 Å². The lowest BCUT2D eigenvalue weighted by Gasteiger charge is -2.13. The molecule has 0 spiro atoms. The fourth-order valence-corrected chi connectivity index (χ4v) is 1.90. The van der Waals surface area contributed by atoms with E-state index in [1.54, 1.807) is 0 Å². The highest BCUT2D eigenvalue weighted by Crippen LogP contribution is 2.28. The molecule has 0 fully saturated rings. The third-order valence-corrected chi connectivity index (χ3v) is 2.94. The molecule has 1 aromatic carbocycles. The van der Waals surface area contributed by atoms with Crippen LogP contribution in [0.25, 0.3) is 11.3 Å². The molecule has 0 radical (unpaired) electrons. The second-order valence-corrected chi connectivity index (χ2v) is 4.44. The van der Waals surface area contributed by atoms with Gasteiger partial charge in [-0.3, -0.25) is 0 Å². The molecule has 2 aromatic rings. The van der Waals surface area contributed by atoms with E-state index < -0.39 is 6.10 Å². The number of nitrogens with two attached hydrogens (primary N) is 1. The normalized spacial score (nSPS) is 12.3. The van der Waals surface area contributed by atoms with Crippen molar-refractivity contribution in [3.05, 3.63) is 36.5 Å². The Labute approximate surface area is 112 Å². The summed E-state index contributed by atoms with van der Waals surface area (Å²) in [6, 6.07) is 9.55. The quantitative estimate of drug-likeness (QED) is 0.508. The summed E-state index contributed by atoms with van der Waals surface area (Å²) in [6.07, 6.45) is 1.67. The van der Waals surface area contributed by atoms with E-state index >= 15 is 0 Å². The second kappa shape index (κ2) is 6.26. The predicted molar refractivity (Wildman–Crippen MR) is 76.8 cm³/mol. The van der Waals surface area contributed by atoms with Crippen molar-refractivity contribution in [2.24, 2.45) is 0 Å². The molecule has 6 N–H and O–H groups in total. The number of H-pyrrole nitrogens is 1. The maximum atomic E-state index is 9.32. The number of hydrogen-bond acceptors (Lipinski definition) is 4. The fourth-order valence-electron chi connectivity index (χ4n) is 1.90. The monoisotopic (exact) mass is 261 g/mol. The van der Waals surface area contributed by atoms with Gasteiger partial charge in [0, 0.05) is 35.4 Å². The summed E-state index contributed by atoms with van der Waals surface area (Å²) in [4.78, 5) is 3.15. The van der Waals surface area contributed by atoms with Crippen molar-refractivity contribution in [1.29, 1.82) is 0 Å². The Morgan fingerprint density at radius 3 is 2.84 bits per heavy atom. The van der Waals surface area contributed by atoms with Crippen molar-refractivity contribution in [3.63, 3.8) is 0 Å². The maximum Gasteiger partial charge on any atom is 0.0787 e. The molecule has 0 aliphatic carbocycles. The van der Waals surface area contributed by atoms with E-state index in [9.17, 15) is 5.11 Å². The van der Waals surface area contributed by atoms with E-state index in [-0.39, 0.29) is 6.61 Å². The summed E-state index contributed by atoms with van der Waals surface area (Å²) < 4.78 is 0. The van der Waals surface area contributed by atoms with Crippen LogP contribution in [0.2, 0.25) is 0 Å². The topological polar surface area (TPSA) is 94.3 Å². The van der Waals surface area contributed by atoms with Gasteiger partial charge in [0.25, 0.3) is 0 Å². The van der Waals surface area contributed by atoms with Crippen molar-refractivity contribution in [2.75, 3.05) is 24.2 Å². The van der Waals surface area contributed by atoms with Gasteiger partial charge in [-0.2, -0.15) is 0 Å². The zero-order valence-corrected chi connectivity index (χ0v) is 10.6. The van der Waals surface area contributed by atoms with Gasteiger partial charge in [-0.25, -0.2) is 0 Å². The zero-order chi connectivity index (χ0) is 13.7. The van der Waals surface area contributed by atoms with Crippen LogP contribution in [0.4, 0.5) is 11.4 Å². The number of nitrogen functional groups attached to an aromatic ring is 1. The fraction of sp³-hybridized carbons (Fsp3) is 0.286. The Hall–Kier alpha value is -1.98. The van der Waals surface area contributed by atoms with Gasteiger partial charge in [-0.05, 0) is 36.8 Å². The van der Waals surface area contributed by atoms with E-state index in [1.807, 2.05) is 36.5 Å². The van der Waals surface area contributed by atoms with Crippen LogP contribution in [0.15, 0.2) is 36.5 Å². The Bertz CT molecular complexity index is 511. The third kappa shape index (κ3) is 3.49. The molecule has 102 valence electrons. The van der Waals surface area contributed by atoms with Crippen LogP contribution < -0.4 is 11.1 Å². The standard InChI is InChI=1S/C14H19N3O2/c15-10-3-4-14(17-7-5-11(19)9-18)12(8-10)13-2-1-6-16-13/h1-4,6,8,11,16-19H,5,7,9,15H2. The summed E-state index contributed by atoms with van der Waals surface area (Å²) in [5, 5.41) is 21.3. The average molecular weight is 261 g/mol. The van der Waals surface area contributed by atoms with Gasteiger partial charge in [0.2, 0.25) is 0 Å². The highest BCUT2D eigenvalue weighted by Gasteiger charge is 2.07. The van der Waals surface area contributed by atoms with Gasteiger partial charge in [0.15, 0.2) is 0 Å². The summed E-state index contributed by atoms with van der Waals surface area (Å²) in [5.41, 5.74) is 9.44. The van der Waals surface area contributed by atoms with Crippen molar-refractivity contribution < 1.29 is 10.2 Å². The van der Waals surface area contributed by atoms with E-state index in [1.165, 1.54) is 0 Å². The van der Waals surface area contributed by atoms with Crippen molar-refractivity contribution in [3.8, 4) is 11.3 Å². The highest BCUT2D eigenvalue weighted by atomic mass is 16.3. The number of aromatic nitrogens is 1. The minimum absolute atomic E-state index is 0.215. The second-order valence-electron chi connectivity index (χ2n) is 4.44.